The minimum atomic E-state index is -1.42. The molecule has 3 aliphatic heterocycles. The third-order valence-electron chi connectivity index (χ3n) is 8.32. The van der Waals surface area contributed by atoms with E-state index in [4.69, 9.17) is 21.1 Å². The van der Waals surface area contributed by atoms with Crippen LogP contribution in [0.4, 0.5) is 5.69 Å². The Morgan fingerprint density at radius 3 is 2.75 bits per heavy atom. The fourth-order valence-corrected chi connectivity index (χ4v) is 7.14. The number of amides is 1. The Balaban J connectivity index is 1.44. The molecule has 4 atom stereocenters. The maximum atomic E-state index is 13.7. The number of rotatable bonds is 7. The van der Waals surface area contributed by atoms with E-state index < -0.39 is 17.5 Å². The van der Waals surface area contributed by atoms with Crippen molar-refractivity contribution in [1.82, 2.24) is 4.90 Å². The fraction of sp³-hybridized carbons (Fsp3) is 0.333. The van der Waals surface area contributed by atoms with Crippen molar-refractivity contribution in [3.63, 3.8) is 0 Å². The van der Waals surface area contributed by atoms with Crippen LogP contribution >= 0.6 is 11.6 Å². The van der Waals surface area contributed by atoms with Gasteiger partial charge in [-0.3, -0.25) is 19.8 Å². The molecule has 2 fully saturated rings. The summed E-state index contributed by atoms with van der Waals surface area (Å²) < 4.78 is 12.0. The summed E-state index contributed by atoms with van der Waals surface area (Å²) in [6.45, 7) is 2.83. The van der Waals surface area contributed by atoms with E-state index in [1.165, 1.54) is 0 Å². The average molecular weight is 559 g/mol. The molecule has 0 aliphatic carbocycles. The number of halogens is 1. The lowest BCUT2D eigenvalue weighted by molar-refractivity contribution is -0.534. The second kappa shape index (κ2) is 10.1. The molecule has 3 aliphatic rings. The van der Waals surface area contributed by atoms with Crippen molar-refractivity contribution in [2.45, 2.75) is 49.9 Å². The van der Waals surface area contributed by atoms with Gasteiger partial charge in [0.15, 0.2) is 17.0 Å². The summed E-state index contributed by atoms with van der Waals surface area (Å²) in [5, 5.41) is 25.5. The van der Waals surface area contributed by atoms with Gasteiger partial charge >= 0.3 is 0 Å². The lowest BCUT2D eigenvalue weighted by Gasteiger charge is -2.32. The van der Waals surface area contributed by atoms with E-state index in [9.17, 15) is 20.2 Å². The zero-order valence-electron chi connectivity index (χ0n) is 21.8. The molecule has 1 spiro atoms. The third-order valence-corrected chi connectivity index (χ3v) is 8.60. The van der Waals surface area contributed by atoms with Crippen molar-refractivity contribution in [1.29, 1.82) is 5.26 Å². The van der Waals surface area contributed by atoms with Gasteiger partial charge in [0.2, 0.25) is 0 Å². The molecule has 204 valence electrons. The van der Waals surface area contributed by atoms with Crippen LogP contribution in [0.5, 0.6) is 11.5 Å². The van der Waals surface area contributed by atoms with Gasteiger partial charge in [-0.15, -0.1) is 0 Å². The van der Waals surface area contributed by atoms with Crippen molar-refractivity contribution in [2.75, 3.05) is 18.5 Å². The molecule has 9 nitrogen and oxygen atoms in total. The number of para-hydroxylation sites is 1. The van der Waals surface area contributed by atoms with E-state index >= 15 is 0 Å². The number of carbonyl (C=O) groups excluding carboxylic acids is 1. The lowest BCUT2D eigenvalue weighted by atomic mass is 9.77. The number of fused-ring (bicyclic) bond motifs is 4. The van der Waals surface area contributed by atoms with Crippen LogP contribution in [-0.2, 0) is 16.9 Å². The summed E-state index contributed by atoms with van der Waals surface area (Å²) in [6.07, 6.45) is 1.55. The molecular weight excluding hydrogens is 532 g/mol. The fourth-order valence-electron chi connectivity index (χ4n) is 6.86. The molecule has 0 aromatic heterocycles. The number of nitriles is 1. The number of nitrogens with zero attached hydrogens (tertiary/aromatic N) is 3. The smallest absolute Gasteiger partial charge is 0.256 e. The molecule has 0 bridgehead atoms. The van der Waals surface area contributed by atoms with Gasteiger partial charge in [0.1, 0.15) is 6.61 Å². The molecule has 0 saturated carbocycles. The molecule has 3 aromatic carbocycles. The highest BCUT2D eigenvalue weighted by atomic mass is 35.5. The summed E-state index contributed by atoms with van der Waals surface area (Å²) >= 11 is 6.79. The van der Waals surface area contributed by atoms with Crippen LogP contribution in [0.1, 0.15) is 47.9 Å². The second-order valence-electron chi connectivity index (χ2n) is 10.2. The second-order valence-corrected chi connectivity index (χ2v) is 10.7. The first-order valence-electron chi connectivity index (χ1n) is 13.3. The van der Waals surface area contributed by atoms with Crippen LogP contribution in [0.2, 0.25) is 5.02 Å². The number of anilines is 1. The normalized spacial score (nSPS) is 24.8. The molecule has 0 unspecified atom stereocenters. The van der Waals surface area contributed by atoms with Crippen molar-refractivity contribution in [3.05, 3.63) is 98.1 Å². The Bertz CT molecular complexity index is 1560. The molecule has 1 N–H and O–H groups in total. The molecule has 6 rings (SSSR count). The standard InChI is InChI=1S/C30H27ClN4O5/c1-2-39-25-15-20(14-22(31)27(25)40-17-19-9-4-3-8-18(19)16-32)26-24-12-7-13-34(24)30(28(26)35(37)38)21-10-5-6-11-23(21)33-29(30)36/h3-6,8-11,14-15,24,26,28H,2,7,12-13,17H2,1H3,(H,33,36)/t24-,26+,28+,30-/m0/s1. The van der Waals surface area contributed by atoms with E-state index in [1.807, 2.05) is 36.1 Å². The van der Waals surface area contributed by atoms with Crippen molar-refractivity contribution in [3.8, 4) is 17.6 Å². The Labute approximate surface area is 236 Å². The minimum Gasteiger partial charge on any atom is -0.490 e. The first-order chi connectivity index (χ1) is 19.4. The topological polar surface area (TPSA) is 118 Å². The molecule has 3 aromatic rings. The number of carbonyl (C=O) groups is 1. The molecule has 3 heterocycles. The van der Waals surface area contributed by atoms with Gasteiger partial charge in [-0.2, -0.15) is 5.26 Å². The Morgan fingerprint density at radius 1 is 1.20 bits per heavy atom. The number of nitro groups is 1. The van der Waals surface area contributed by atoms with Crippen LogP contribution in [0.25, 0.3) is 0 Å². The highest BCUT2D eigenvalue weighted by Gasteiger charge is 2.73. The van der Waals surface area contributed by atoms with Crippen molar-refractivity contribution in [2.24, 2.45) is 0 Å². The van der Waals surface area contributed by atoms with E-state index in [0.717, 1.165) is 12.8 Å². The van der Waals surface area contributed by atoms with Gasteiger partial charge in [0.05, 0.1) is 29.2 Å². The van der Waals surface area contributed by atoms with E-state index in [-0.39, 0.29) is 28.5 Å². The zero-order valence-corrected chi connectivity index (χ0v) is 22.6. The summed E-state index contributed by atoms with van der Waals surface area (Å²) in [6, 6.07) is 18.5. The van der Waals surface area contributed by atoms with Gasteiger partial charge < -0.3 is 14.8 Å². The summed E-state index contributed by atoms with van der Waals surface area (Å²) in [5.41, 5.74) is 1.66. The number of hydrogen-bond acceptors (Lipinski definition) is 7. The molecule has 40 heavy (non-hydrogen) atoms. The predicted octanol–water partition coefficient (Wildman–Crippen LogP) is 5.24. The Morgan fingerprint density at radius 2 is 1.98 bits per heavy atom. The average Bonchev–Trinajstić information content (AvgIpc) is 3.61. The largest absolute Gasteiger partial charge is 0.490 e. The van der Waals surface area contributed by atoms with Gasteiger partial charge in [0.25, 0.3) is 11.9 Å². The van der Waals surface area contributed by atoms with Gasteiger partial charge in [-0.25, -0.2) is 0 Å². The first kappa shape index (κ1) is 26.1. The van der Waals surface area contributed by atoms with Crippen LogP contribution < -0.4 is 14.8 Å². The highest BCUT2D eigenvalue weighted by molar-refractivity contribution is 6.32. The number of hydrogen-bond donors (Lipinski definition) is 1. The third kappa shape index (κ3) is 3.82. The van der Waals surface area contributed by atoms with Crippen molar-refractivity contribution < 1.29 is 19.2 Å². The summed E-state index contributed by atoms with van der Waals surface area (Å²) in [5.74, 6) is -0.308. The van der Waals surface area contributed by atoms with Crippen LogP contribution in [0.3, 0.4) is 0 Å². The Hall–Kier alpha value is -4.13. The van der Waals surface area contributed by atoms with Gasteiger partial charge in [-0.1, -0.05) is 48.0 Å². The SMILES string of the molecule is CCOc1cc([C@@H]2[C@@H]3CCCN3[C@]3(C(=O)Nc4ccccc43)[C@@H]2[N+](=O)[O-])cc(Cl)c1OCc1ccccc1C#N. The quantitative estimate of drug-likeness (QED) is 0.311. The van der Waals surface area contributed by atoms with E-state index in [0.29, 0.717) is 52.6 Å². The lowest BCUT2D eigenvalue weighted by Crippen LogP contribution is -2.55. The molecule has 10 heteroatoms. The van der Waals surface area contributed by atoms with Gasteiger partial charge in [-0.05, 0) is 49.6 Å². The van der Waals surface area contributed by atoms with E-state index in [2.05, 4.69) is 11.4 Å². The molecular formula is C30H27ClN4O5. The number of nitrogens with one attached hydrogen (secondary N) is 1. The molecule has 1 amide bonds. The van der Waals surface area contributed by atoms with Gasteiger partial charge in [0, 0.05) is 34.3 Å². The monoisotopic (exact) mass is 558 g/mol. The summed E-state index contributed by atoms with van der Waals surface area (Å²) in [7, 11) is 0. The zero-order chi connectivity index (χ0) is 28.0. The van der Waals surface area contributed by atoms with Crippen LogP contribution in [0.15, 0.2) is 60.7 Å². The maximum absolute atomic E-state index is 13.7. The predicted molar refractivity (Wildman–Crippen MR) is 148 cm³/mol. The van der Waals surface area contributed by atoms with Crippen LogP contribution in [0, 0.1) is 21.4 Å². The van der Waals surface area contributed by atoms with E-state index in [1.54, 1.807) is 36.4 Å². The Kier molecular flexibility index (Phi) is 6.61. The maximum Gasteiger partial charge on any atom is 0.256 e. The highest BCUT2D eigenvalue weighted by Crippen LogP contribution is 2.58. The summed E-state index contributed by atoms with van der Waals surface area (Å²) in [4.78, 5) is 28.3. The van der Waals surface area contributed by atoms with Crippen LogP contribution in [-0.4, -0.2) is 41.0 Å². The number of benzene rings is 3. The minimum absolute atomic E-state index is 0.0975. The first-order valence-corrected chi connectivity index (χ1v) is 13.7. The molecule has 0 radical (unpaired) electrons. The number of ether oxygens (including phenoxy) is 2. The molecule has 2 saturated heterocycles. The van der Waals surface area contributed by atoms with Crippen molar-refractivity contribution >= 4 is 23.2 Å².